The molecule has 1 aromatic rings. The molecule has 1 amide bonds. The summed E-state index contributed by atoms with van der Waals surface area (Å²) in [6.45, 7) is 2.35. The Morgan fingerprint density at radius 3 is 2.06 bits per heavy atom. The number of likely N-dealkylation sites (tertiary alicyclic amines) is 1. The number of hydrogen-bond donors (Lipinski definition) is 1. The summed E-state index contributed by atoms with van der Waals surface area (Å²) in [5.74, 6) is -2.45. The summed E-state index contributed by atoms with van der Waals surface area (Å²) < 4.78 is 58.2. The molecule has 4 rings (SSSR count). The first-order valence-electron chi connectivity index (χ1n) is 12.6. The van der Waals surface area contributed by atoms with E-state index in [0.29, 0.717) is 18.4 Å². The molecule has 3 aliphatic rings. The van der Waals surface area contributed by atoms with Crippen LogP contribution in [-0.2, 0) is 14.3 Å². The predicted octanol–water partition coefficient (Wildman–Crippen LogP) is 4.41. The highest BCUT2D eigenvalue weighted by atomic mass is 19.4. The first-order chi connectivity index (χ1) is 17.0. The standard InChI is InChI=1S/C26H32F4N2O4/c27-20-3-1-18(2-4-20)21(33)19-8-15-32(16-9-19)14-7-17-5-10-25(11-6-17,22(31)34)36-23(35)24(12-13-24)26(28,29)30/h1-4,17,19H,5-16H2,(H2,31,34). The van der Waals surface area contributed by atoms with E-state index in [4.69, 9.17) is 10.5 Å². The van der Waals surface area contributed by atoms with E-state index in [0.717, 1.165) is 38.9 Å². The molecule has 1 heterocycles. The van der Waals surface area contributed by atoms with Crippen LogP contribution in [0.3, 0.4) is 0 Å². The van der Waals surface area contributed by atoms with E-state index >= 15 is 0 Å². The first kappa shape index (κ1) is 26.6. The van der Waals surface area contributed by atoms with Crippen LogP contribution in [0.1, 0.15) is 68.1 Å². The van der Waals surface area contributed by atoms with Crippen molar-refractivity contribution < 1.29 is 36.7 Å². The van der Waals surface area contributed by atoms with E-state index in [2.05, 4.69) is 4.90 Å². The van der Waals surface area contributed by atoms with Gasteiger partial charge in [0, 0.05) is 11.5 Å². The average molecular weight is 513 g/mol. The molecule has 1 aromatic carbocycles. The van der Waals surface area contributed by atoms with Crippen LogP contribution in [0.25, 0.3) is 0 Å². The lowest BCUT2D eigenvalue weighted by Crippen LogP contribution is -2.52. The molecular formula is C26H32F4N2O4. The lowest BCUT2D eigenvalue weighted by Gasteiger charge is -2.39. The Labute approximate surface area is 207 Å². The normalized spacial score (nSPS) is 26.8. The summed E-state index contributed by atoms with van der Waals surface area (Å²) in [4.78, 5) is 39.4. The van der Waals surface area contributed by atoms with E-state index in [9.17, 15) is 31.9 Å². The predicted molar refractivity (Wildman–Crippen MR) is 122 cm³/mol. The molecule has 1 saturated heterocycles. The maximum Gasteiger partial charge on any atom is 0.404 e. The van der Waals surface area contributed by atoms with Gasteiger partial charge in [-0.1, -0.05) is 0 Å². The Kier molecular flexibility index (Phi) is 7.46. The van der Waals surface area contributed by atoms with Crippen LogP contribution >= 0.6 is 0 Å². The molecule has 0 spiro atoms. The van der Waals surface area contributed by atoms with Gasteiger partial charge in [-0.15, -0.1) is 0 Å². The van der Waals surface area contributed by atoms with E-state index < -0.39 is 29.1 Å². The van der Waals surface area contributed by atoms with Crippen molar-refractivity contribution in [1.82, 2.24) is 4.90 Å². The summed E-state index contributed by atoms with van der Waals surface area (Å²) in [7, 11) is 0. The lowest BCUT2D eigenvalue weighted by atomic mass is 9.76. The van der Waals surface area contributed by atoms with Gasteiger partial charge in [0.25, 0.3) is 5.91 Å². The van der Waals surface area contributed by atoms with Crippen molar-refractivity contribution in [3.63, 3.8) is 0 Å². The van der Waals surface area contributed by atoms with Crippen LogP contribution in [-0.4, -0.2) is 54.0 Å². The van der Waals surface area contributed by atoms with Crippen molar-refractivity contribution in [2.75, 3.05) is 19.6 Å². The number of Topliss-reactive ketones (excluding diaryl/α,β-unsaturated/α-hetero) is 1. The second-order valence-corrected chi connectivity index (χ2v) is 10.5. The van der Waals surface area contributed by atoms with Crippen LogP contribution in [0.15, 0.2) is 24.3 Å². The minimum absolute atomic E-state index is 0.0396. The van der Waals surface area contributed by atoms with E-state index in [1.54, 1.807) is 0 Å². The maximum atomic E-state index is 13.3. The molecule has 0 radical (unpaired) electrons. The molecule has 3 fully saturated rings. The smallest absolute Gasteiger partial charge is 0.404 e. The van der Waals surface area contributed by atoms with Gasteiger partial charge in [-0.05, 0) is 108 Å². The van der Waals surface area contributed by atoms with Gasteiger partial charge in [0.2, 0.25) is 0 Å². The number of nitrogens with zero attached hydrogens (tertiary/aromatic N) is 1. The molecular weight excluding hydrogens is 480 g/mol. The van der Waals surface area contributed by atoms with E-state index in [1.165, 1.54) is 24.3 Å². The zero-order chi connectivity index (χ0) is 26.1. The maximum absolute atomic E-state index is 13.3. The van der Waals surface area contributed by atoms with Gasteiger partial charge >= 0.3 is 12.1 Å². The van der Waals surface area contributed by atoms with Crippen LogP contribution in [0.4, 0.5) is 17.6 Å². The quantitative estimate of drug-likeness (QED) is 0.317. The van der Waals surface area contributed by atoms with E-state index in [1.807, 2.05) is 0 Å². The number of halogens is 4. The number of primary amides is 1. The van der Waals surface area contributed by atoms with Gasteiger partial charge in [0.1, 0.15) is 5.82 Å². The zero-order valence-electron chi connectivity index (χ0n) is 20.1. The minimum atomic E-state index is -4.70. The number of benzene rings is 1. The molecule has 0 atom stereocenters. The summed E-state index contributed by atoms with van der Waals surface area (Å²) in [6, 6.07) is 5.62. The summed E-state index contributed by atoms with van der Waals surface area (Å²) in [6.07, 6.45) is -1.72. The van der Waals surface area contributed by atoms with Crippen LogP contribution in [0, 0.1) is 23.1 Å². The number of hydrogen-bond acceptors (Lipinski definition) is 5. The Morgan fingerprint density at radius 2 is 1.56 bits per heavy atom. The van der Waals surface area contributed by atoms with Crippen molar-refractivity contribution in [2.45, 2.75) is 69.6 Å². The molecule has 2 N–H and O–H groups in total. The molecule has 0 bridgehead atoms. The Hall–Kier alpha value is -2.49. The van der Waals surface area contributed by atoms with Crippen molar-refractivity contribution in [2.24, 2.45) is 23.0 Å². The number of nitrogens with two attached hydrogens (primary N) is 1. The number of carbonyl (C=O) groups excluding carboxylic acids is 3. The van der Waals surface area contributed by atoms with Gasteiger partial charge in [0.15, 0.2) is 16.8 Å². The zero-order valence-corrected chi connectivity index (χ0v) is 20.1. The second-order valence-electron chi connectivity index (χ2n) is 10.5. The molecule has 36 heavy (non-hydrogen) atoms. The van der Waals surface area contributed by atoms with Crippen LogP contribution in [0.2, 0.25) is 0 Å². The molecule has 2 saturated carbocycles. The SMILES string of the molecule is NC(=O)C1(OC(=O)C2(C(F)(F)F)CC2)CCC(CCN2CCC(C(=O)c3ccc(F)cc3)CC2)CC1. The van der Waals surface area contributed by atoms with E-state index in [-0.39, 0.29) is 49.1 Å². The third-order valence-electron chi connectivity index (χ3n) is 8.27. The van der Waals surface area contributed by atoms with Crippen molar-refractivity contribution in [1.29, 1.82) is 0 Å². The third kappa shape index (κ3) is 5.43. The molecule has 0 aromatic heterocycles. The van der Waals surface area contributed by atoms with Crippen molar-refractivity contribution in [3.8, 4) is 0 Å². The summed E-state index contributed by atoms with van der Waals surface area (Å²) in [5.41, 5.74) is 1.86. The van der Waals surface area contributed by atoms with Crippen molar-refractivity contribution >= 4 is 17.7 Å². The van der Waals surface area contributed by atoms with Gasteiger partial charge in [-0.3, -0.25) is 14.4 Å². The second kappa shape index (κ2) is 10.1. The fourth-order valence-corrected chi connectivity index (χ4v) is 5.47. The van der Waals surface area contributed by atoms with Crippen molar-refractivity contribution in [3.05, 3.63) is 35.6 Å². The Morgan fingerprint density at radius 1 is 0.972 bits per heavy atom. The molecule has 10 heteroatoms. The molecule has 198 valence electrons. The average Bonchev–Trinajstić information content (AvgIpc) is 3.67. The third-order valence-corrected chi connectivity index (χ3v) is 8.27. The molecule has 1 aliphatic heterocycles. The lowest BCUT2D eigenvalue weighted by molar-refractivity contribution is -0.218. The first-order valence-corrected chi connectivity index (χ1v) is 12.6. The number of esters is 1. The van der Waals surface area contributed by atoms with Crippen LogP contribution in [0.5, 0.6) is 0 Å². The molecule has 0 unspecified atom stereocenters. The fraction of sp³-hybridized carbons (Fsp3) is 0.654. The van der Waals surface area contributed by atoms with Gasteiger partial charge < -0.3 is 15.4 Å². The fourth-order valence-electron chi connectivity index (χ4n) is 5.47. The molecule has 2 aliphatic carbocycles. The van der Waals surface area contributed by atoms with Gasteiger partial charge in [0.05, 0.1) is 0 Å². The topological polar surface area (TPSA) is 89.7 Å². The summed E-state index contributed by atoms with van der Waals surface area (Å²) in [5, 5.41) is 0. The number of alkyl halides is 3. The highest BCUT2D eigenvalue weighted by Gasteiger charge is 2.70. The van der Waals surface area contributed by atoms with Gasteiger partial charge in [-0.2, -0.15) is 13.2 Å². The van der Waals surface area contributed by atoms with Crippen LogP contribution < -0.4 is 5.73 Å². The Bertz CT molecular complexity index is 975. The molecule has 6 nitrogen and oxygen atoms in total. The number of ether oxygens (including phenoxy) is 1. The number of rotatable bonds is 8. The number of ketones is 1. The Balaban J connectivity index is 1.22. The van der Waals surface area contributed by atoms with Gasteiger partial charge in [-0.25, -0.2) is 4.39 Å². The number of piperidine rings is 1. The largest absolute Gasteiger partial charge is 0.448 e. The highest BCUT2D eigenvalue weighted by Crippen LogP contribution is 2.59. The number of carbonyl (C=O) groups is 3. The number of amides is 1. The minimum Gasteiger partial charge on any atom is -0.448 e. The monoisotopic (exact) mass is 512 g/mol. The highest BCUT2D eigenvalue weighted by molar-refractivity contribution is 5.97. The summed E-state index contributed by atoms with van der Waals surface area (Å²) >= 11 is 0.